The highest BCUT2D eigenvalue weighted by molar-refractivity contribution is 6.06. The molecule has 242 valence electrons. The Balaban J connectivity index is 1.02. The van der Waals surface area contributed by atoms with E-state index in [4.69, 9.17) is 4.42 Å². The lowest BCUT2D eigenvalue weighted by atomic mass is 9.81. The third-order valence-electron chi connectivity index (χ3n) is 10.9. The Hall–Kier alpha value is -6.38. The van der Waals surface area contributed by atoms with Gasteiger partial charge >= 0.3 is 0 Å². The monoisotopic (exact) mass is 653 g/mol. The van der Waals surface area contributed by atoms with Gasteiger partial charge in [0.1, 0.15) is 11.2 Å². The van der Waals surface area contributed by atoms with Crippen molar-refractivity contribution in [2.24, 2.45) is 0 Å². The zero-order valence-electron chi connectivity index (χ0n) is 28.6. The maximum Gasteiger partial charge on any atom is 0.137 e. The van der Waals surface area contributed by atoms with Crippen LogP contribution in [0.2, 0.25) is 0 Å². The van der Waals surface area contributed by atoms with Crippen LogP contribution in [0.25, 0.3) is 66.1 Å². The average molecular weight is 654 g/mol. The Morgan fingerprint density at radius 1 is 0.392 bits per heavy atom. The van der Waals surface area contributed by atoms with E-state index in [2.05, 4.69) is 183 Å². The minimum atomic E-state index is -0.0925. The number of anilines is 3. The molecule has 10 rings (SSSR count). The molecule has 1 heterocycles. The molecule has 0 unspecified atom stereocenters. The number of furan rings is 1. The van der Waals surface area contributed by atoms with Crippen molar-refractivity contribution >= 4 is 49.8 Å². The average Bonchev–Trinajstić information content (AvgIpc) is 3.66. The second-order valence-corrected chi connectivity index (χ2v) is 14.2. The zero-order valence-corrected chi connectivity index (χ0v) is 28.6. The van der Waals surface area contributed by atoms with Crippen molar-refractivity contribution in [1.82, 2.24) is 0 Å². The van der Waals surface area contributed by atoms with E-state index in [0.717, 1.165) is 39.0 Å². The molecule has 0 fully saturated rings. The molecule has 0 amide bonds. The van der Waals surface area contributed by atoms with Crippen LogP contribution in [-0.2, 0) is 5.41 Å². The van der Waals surface area contributed by atoms with E-state index in [0.29, 0.717) is 0 Å². The van der Waals surface area contributed by atoms with Crippen molar-refractivity contribution < 1.29 is 4.42 Å². The lowest BCUT2D eigenvalue weighted by Crippen LogP contribution is -2.15. The van der Waals surface area contributed by atoms with Crippen molar-refractivity contribution in [3.8, 4) is 33.4 Å². The first-order valence-electron chi connectivity index (χ1n) is 17.7. The SMILES string of the molecule is CC1(C)c2ccc(-c3ccc(N(c4ccccc4)c4ccc5c(c4)oc4ccccc45)cc3)cc2-c2ccc(-c3cccc4ccccc34)cc21. The Labute approximate surface area is 297 Å². The molecule has 2 nitrogen and oxygen atoms in total. The standard InChI is InChI=1S/C49H35NO/c1-49(2)45-28-22-34(29-44(45)41-26-21-35(30-46(41)49)40-17-10-12-33-11-6-7-15-39(33)40)32-19-23-37(24-20-32)50(36-13-4-3-5-14-36)38-25-27-43-42-16-8-9-18-47(42)51-48(43)31-38/h3-31H,1-2H3. The second-order valence-electron chi connectivity index (χ2n) is 14.2. The Morgan fingerprint density at radius 3 is 1.92 bits per heavy atom. The summed E-state index contributed by atoms with van der Waals surface area (Å²) in [4.78, 5) is 2.30. The van der Waals surface area contributed by atoms with Crippen molar-refractivity contribution in [3.63, 3.8) is 0 Å². The van der Waals surface area contributed by atoms with Crippen LogP contribution in [0.4, 0.5) is 17.1 Å². The molecule has 0 radical (unpaired) electrons. The molecular weight excluding hydrogens is 619 g/mol. The van der Waals surface area contributed by atoms with Crippen molar-refractivity contribution in [3.05, 3.63) is 187 Å². The van der Waals surface area contributed by atoms with Gasteiger partial charge in [0.2, 0.25) is 0 Å². The molecule has 0 N–H and O–H groups in total. The predicted molar refractivity (Wildman–Crippen MR) is 214 cm³/mol. The molecule has 0 saturated heterocycles. The first-order valence-corrected chi connectivity index (χ1v) is 17.7. The van der Waals surface area contributed by atoms with Gasteiger partial charge in [-0.1, -0.05) is 129 Å². The van der Waals surface area contributed by atoms with Crippen molar-refractivity contribution in [1.29, 1.82) is 0 Å². The molecule has 1 aliphatic rings. The minimum absolute atomic E-state index is 0.0925. The highest BCUT2D eigenvalue weighted by Gasteiger charge is 2.36. The van der Waals surface area contributed by atoms with E-state index in [1.165, 1.54) is 55.3 Å². The number of fused-ring (bicyclic) bond motifs is 7. The Morgan fingerprint density at radius 2 is 1.06 bits per heavy atom. The largest absolute Gasteiger partial charge is 0.456 e. The maximum atomic E-state index is 6.29. The molecule has 9 aromatic rings. The van der Waals surface area contributed by atoms with Crippen LogP contribution in [-0.4, -0.2) is 0 Å². The topological polar surface area (TPSA) is 16.4 Å². The summed E-state index contributed by atoms with van der Waals surface area (Å²) in [6.45, 7) is 4.72. The number of hydrogen-bond donors (Lipinski definition) is 0. The highest BCUT2D eigenvalue weighted by atomic mass is 16.3. The smallest absolute Gasteiger partial charge is 0.137 e. The normalized spacial score (nSPS) is 13.1. The summed E-state index contributed by atoms with van der Waals surface area (Å²) in [7, 11) is 0. The van der Waals surface area contributed by atoms with Gasteiger partial charge in [-0.25, -0.2) is 0 Å². The molecule has 0 atom stereocenters. The number of nitrogens with zero attached hydrogens (tertiary/aromatic N) is 1. The predicted octanol–water partition coefficient (Wildman–Crippen LogP) is 13.8. The fourth-order valence-corrected chi connectivity index (χ4v) is 8.26. The number of hydrogen-bond acceptors (Lipinski definition) is 2. The third-order valence-corrected chi connectivity index (χ3v) is 10.9. The van der Waals surface area contributed by atoms with Crippen LogP contribution in [0.15, 0.2) is 180 Å². The van der Waals surface area contributed by atoms with Gasteiger partial charge in [0.05, 0.1) is 0 Å². The summed E-state index contributed by atoms with van der Waals surface area (Å²) in [6.07, 6.45) is 0. The van der Waals surface area contributed by atoms with Gasteiger partial charge in [0.25, 0.3) is 0 Å². The van der Waals surface area contributed by atoms with Crippen molar-refractivity contribution in [2.45, 2.75) is 19.3 Å². The quantitative estimate of drug-likeness (QED) is 0.184. The van der Waals surface area contributed by atoms with Gasteiger partial charge in [-0.2, -0.15) is 0 Å². The lowest BCUT2D eigenvalue weighted by Gasteiger charge is -2.25. The number of benzene rings is 8. The Kier molecular flexibility index (Phi) is 6.56. The summed E-state index contributed by atoms with van der Waals surface area (Å²) in [5, 5.41) is 4.83. The summed E-state index contributed by atoms with van der Waals surface area (Å²) < 4.78 is 6.29. The van der Waals surface area contributed by atoms with E-state index >= 15 is 0 Å². The molecular formula is C49H35NO. The lowest BCUT2D eigenvalue weighted by molar-refractivity contribution is 0.660. The summed E-state index contributed by atoms with van der Waals surface area (Å²) in [6, 6.07) is 63.6. The van der Waals surface area contributed by atoms with Crippen LogP contribution in [0, 0.1) is 0 Å². The molecule has 0 saturated carbocycles. The van der Waals surface area contributed by atoms with Gasteiger partial charge in [-0.05, 0) is 110 Å². The van der Waals surface area contributed by atoms with Crippen LogP contribution in [0.1, 0.15) is 25.0 Å². The van der Waals surface area contributed by atoms with Gasteiger partial charge in [0.15, 0.2) is 0 Å². The van der Waals surface area contributed by atoms with Gasteiger partial charge in [0, 0.05) is 39.3 Å². The zero-order chi connectivity index (χ0) is 34.1. The number of para-hydroxylation sites is 2. The minimum Gasteiger partial charge on any atom is -0.456 e. The highest BCUT2D eigenvalue weighted by Crippen LogP contribution is 2.51. The summed E-state index contributed by atoms with van der Waals surface area (Å²) >= 11 is 0. The van der Waals surface area contributed by atoms with Gasteiger partial charge < -0.3 is 9.32 Å². The molecule has 0 bridgehead atoms. The maximum absolute atomic E-state index is 6.29. The van der Waals surface area contributed by atoms with Crippen LogP contribution < -0.4 is 4.90 Å². The Bertz CT molecular complexity index is 2770. The molecule has 8 aromatic carbocycles. The van der Waals surface area contributed by atoms with Crippen LogP contribution in [0.3, 0.4) is 0 Å². The van der Waals surface area contributed by atoms with Crippen LogP contribution >= 0.6 is 0 Å². The van der Waals surface area contributed by atoms with Gasteiger partial charge in [-0.15, -0.1) is 0 Å². The number of rotatable bonds is 5. The fraction of sp³-hybridized carbons (Fsp3) is 0.0612. The molecule has 51 heavy (non-hydrogen) atoms. The molecule has 1 aromatic heterocycles. The van der Waals surface area contributed by atoms with Gasteiger partial charge in [-0.3, -0.25) is 0 Å². The van der Waals surface area contributed by atoms with Crippen LogP contribution in [0.5, 0.6) is 0 Å². The van der Waals surface area contributed by atoms with E-state index in [9.17, 15) is 0 Å². The molecule has 0 aliphatic heterocycles. The second kappa shape index (κ2) is 11.3. The first kappa shape index (κ1) is 29.5. The van der Waals surface area contributed by atoms with E-state index in [1.807, 2.05) is 12.1 Å². The summed E-state index contributed by atoms with van der Waals surface area (Å²) in [5.74, 6) is 0. The third kappa shape index (κ3) is 4.71. The molecule has 1 aliphatic carbocycles. The molecule has 0 spiro atoms. The van der Waals surface area contributed by atoms with Crippen molar-refractivity contribution in [2.75, 3.05) is 4.90 Å². The first-order chi connectivity index (χ1) is 25.0. The van der Waals surface area contributed by atoms with E-state index < -0.39 is 0 Å². The summed E-state index contributed by atoms with van der Waals surface area (Å²) in [5.41, 5.74) is 15.3. The molecule has 2 heteroatoms. The van der Waals surface area contributed by atoms with E-state index in [-0.39, 0.29) is 5.41 Å². The fourth-order valence-electron chi connectivity index (χ4n) is 8.26. The van der Waals surface area contributed by atoms with E-state index in [1.54, 1.807) is 0 Å².